The minimum Gasteiger partial charge on any atom is -0.493 e. The number of carbonyl (C=O) groups is 5. The van der Waals surface area contributed by atoms with E-state index in [2.05, 4.69) is 12.2 Å². The maximum absolute atomic E-state index is 14.7. The third kappa shape index (κ3) is 10.8. The Labute approximate surface area is 347 Å². The molecule has 306 valence electrons. The average molecular weight is 807 g/mol. The molecule has 0 radical (unpaired) electrons. The van der Waals surface area contributed by atoms with Crippen molar-refractivity contribution in [2.45, 2.75) is 91.1 Å². The summed E-state index contributed by atoms with van der Waals surface area (Å²) in [6.07, 6.45) is 3.77. The summed E-state index contributed by atoms with van der Waals surface area (Å²) < 4.78 is 11.3. The molecule has 1 aliphatic heterocycles. The number of ketones is 2. The Morgan fingerprint density at radius 1 is 0.862 bits per heavy atom. The summed E-state index contributed by atoms with van der Waals surface area (Å²) in [5, 5.41) is 3.45. The van der Waals surface area contributed by atoms with Crippen LogP contribution in [0.15, 0.2) is 84.9 Å². The fourth-order valence-electron chi connectivity index (χ4n) is 7.57. The number of halogens is 1. The molecule has 4 atom stereocenters. The number of unbranched alkanes of at least 4 members (excludes halogenated alkanes) is 2. The minimum atomic E-state index is -1.08. The number of esters is 1. The number of fused-ring (bicyclic) bond motifs is 5. The van der Waals surface area contributed by atoms with E-state index in [-0.39, 0.29) is 36.7 Å². The lowest BCUT2D eigenvalue weighted by Gasteiger charge is -2.32. The number of ether oxygens (including phenoxy) is 2. The maximum Gasteiger partial charge on any atom is 0.328 e. The summed E-state index contributed by atoms with van der Waals surface area (Å²) in [4.78, 5) is 71.2. The Balaban J connectivity index is 1.54. The van der Waals surface area contributed by atoms with Gasteiger partial charge in [0.15, 0.2) is 11.6 Å². The zero-order chi connectivity index (χ0) is 41.9. The minimum absolute atomic E-state index is 0.0250. The standard InChI is InChI=1S/C48H55ClN2O7/c1-7-9-10-11-37(29-42(52)35-16-14-33(15-17-35)34-18-21-38(49)22-19-34)47(55)51(5)45-36-20-23-44(58-24-8-2)40(28-36)39-26-32(13-12-30(39)3)27-41(48(56)57-6)50-46(54)31(4)25-43(45)53/h12-23,26,28,31,37,41,45H,7-11,24-25,27,29H2,1-6H3,(H,50,54)/t31-,37-,41+,45+/m1/s1. The highest BCUT2D eigenvalue weighted by molar-refractivity contribution is 6.30. The summed E-state index contributed by atoms with van der Waals surface area (Å²) >= 11 is 6.08. The molecule has 0 fully saturated rings. The molecule has 0 saturated heterocycles. The second-order valence-corrected chi connectivity index (χ2v) is 15.8. The van der Waals surface area contributed by atoms with Crippen LogP contribution in [0, 0.1) is 18.8 Å². The maximum atomic E-state index is 14.7. The van der Waals surface area contributed by atoms with Crippen molar-refractivity contribution in [3.8, 4) is 28.0 Å². The number of nitrogens with one attached hydrogen (secondary N) is 1. The predicted molar refractivity (Wildman–Crippen MR) is 228 cm³/mol. The van der Waals surface area contributed by atoms with Gasteiger partial charge in [0.05, 0.1) is 13.7 Å². The van der Waals surface area contributed by atoms with E-state index < -0.39 is 35.8 Å². The quantitative estimate of drug-likeness (QED) is 0.0766. The van der Waals surface area contributed by atoms with Crippen LogP contribution in [-0.2, 0) is 30.3 Å². The van der Waals surface area contributed by atoms with E-state index in [1.54, 1.807) is 26.1 Å². The number of likely N-dealkylation sites (N-methyl/N-ethyl adjacent to an activating group) is 1. The summed E-state index contributed by atoms with van der Waals surface area (Å²) in [6, 6.07) is 24.1. The van der Waals surface area contributed by atoms with Gasteiger partial charge in [0.25, 0.3) is 0 Å². The molecule has 4 bridgehead atoms. The van der Waals surface area contributed by atoms with Crippen molar-refractivity contribution in [1.29, 1.82) is 0 Å². The summed E-state index contributed by atoms with van der Waals surface area (Å²) in [5.74, 6) is -2.80. The normalized spacial score (nSPS) is 17.4. The van der Waals surface area contributed by atoms with Gasteiger partial charge in [-0.15, -0.1) is 0 Å². The molecule has 9 nitrogen and oxygen atoms in total. The molecule has 58 heavy (non-hydrogen) atoms. The van der Waals surface area contributed by atoms with Gasteiger partial charge in [0.1, 0.15) is 17.8 Å². The van der Waals surface area contributed by atoms with Crippen LogP contribution in [0.2, 0.25) is 5.02 Å². The van der Waals surface area contributed by atoms with Crippen LogP contribution in [0.25, 0.3) is 22.3 Å². The summed E-state index contributed by atoms with van der Waals surface area (Å²) in [6.45, 7) is 8.18. The lowest BCUT2D eigenvalue weighted by Crippen LogP contribution is -2.46. The SMILES string of the molecule is CCCCC[C@H](CC(=O)c1ccc(-c2ccc(Cl)cc2)cc1)C(=O)N(C)[C@@H]1C(=O)C[C@@H](C)C(=O)N[C@H](C(=O)OC)Cc2ccc(C)c(c2)-c2cc1ccc2OCCC. The van der Waals surface area contributed by atoms with E-state index in [1.807, 2.05) is 86.6 Å². The van der Waals surface area contributed by atoms with Crippen LogP contribution in [-0.4, -0.2) is 61.1 Å². The molecular formula is C48H55ClN2O7. The molecular weight excluding hydrogens is 752 g/mol. The van der Waals surface area contributed by atoms with Crippen molar-refractivity contribution in [3.63, 3.8) is 0 Å². The fourth-order valence-corrected chi connectivity index (χ4v) is 7.70. The molecule has 1 N–H and O–H groups in total. The molecule has 0 aromatic heterocycles. The molecule has 4 aromatic rings. The highest BCUT2D eigenvalue weighted by atomic mass is 35.5. The lowest BCUT2D eigenvalue weighted by molar-refractivity contribution is -0.146. The number of amides is 2. The monoisotopic (exact) mass is 806 g/mol. The van der Waals surface area contributed by atoms with Gasteiger partial charge < -0.3 is 19.7 Å². The molecule has 0 saturated carbocycles. The van der Waals surface area contributed by atoms with Crippen LogP contribution >= 0.6 is 11.6 Å². The Bertz CT molecular complexity index is 2100. The number of aryl methyl sites for hydroxylation is 1. The molecule has 4 aromatic carbocycles. The summed E-state index contributed by atoms with van der Waals surface area (Å²) in [5.41, 5.74) is 6.27. The van der Waals surface area contributed by atoms with Gasteiger partial charge in [-0.3, -0.25) is 19.2 Å². The number of methoxy groups -OCH3 is 1. The molecule has 0 unspecified atom stereocenters. The largest absolute Gasteiger partial charge is 0.493 e. The van der Waals surface area contributed by atoms with Crippen LogP contribution in [0.4, 0.5) is 0 Å². The Hall–Kier alpha value is -5.28. The van der Waals surface area contributed by atoms with Crippen molar-refractivity contribution in [2.75, 3.05) is 20.8 Å². The van der Waals surface area contributed by atoms with E-state index in [0.717, 1.165) is 59.1 Å². The first kappa shape index (κ1) is 43.8. The van der Waals surface area contributed by atoms with Gasteiger partial charge in [0, 0.05) is 54.3 Å². The third-order valence-corrected chi connectivity index (χ3v) is 11.2. The molecule has 5 rings (SSSR count). The number of benzene rings is 4. The third-order valence-electron chi connectivity index (χ3n) is 10.9. The van der Waals surface area contributed by atoms with Crippen molar-refractivity contribution >= 4 is 41.0 Å². The first-order valence-corrected chi connectivity index (χ1v) is 20.7. The molecule has 1 heterocycles. The number of hydrogen-bond donors (Lipinski definition) is 1. The van der Waals surface area contributed by atoms with E-state index >= 15 is 0 Å². The number of hydrogen-bond acceptors (Lipinski definition) is 7. The van der Waals surface area contributed by atoms with Gasteiger partial charge >= 0.3 is 5.97 Å². The van der Waals surface area contributed by atoms with Crippen LogP contribution in [0.5, 0.6) is 5.75 Å². The van der Waals surface area contributed by atoms with E-state index in [1.165, 1.54) is 12.0 Å². The summed E-state index contributed by atoms with van der Waals surface area (Å²) in [7, 11) is 2.88. The van der Waals surface area contributed by atoms with Crippen LogP contribution in [0.1, 0.15) is 98.8 Å². The first-order valence-electron chi connectivity index (χ1n) is 20.3. The van der Waals surface area contributed by atoms with Gasteiger partial charge in [-0.2, -0.15) is 0 Å². The molecule has 1 aliphatic rings. The molecule has 0 aliphatic carbocycles. The Kier molecular flexibility index (Phi) is 15.4. The van der Waals surface area contributed by atoms with Crippen molar-refractivity contribution in [1.82, 2.24) is 10.2 Å². The van der Waals surface area contributed by atoms with E-state index in [4.69, 9.17) is 21.1 Å². The molecule has 2 amide bonds. The van der Waals surface area contributed by atoms with Crippen molar-refractivity contribution in [3.05, 3.63) is 112 Å². The number of Topliss-reactive ketones (excluding diaryl/α,β-unsaturated/α-hetero) is 2. The number of rotatable bonds is 14. The average Bonchev–Trinajstić information content (AvgIpc) is 3.22. The lowest BCUT2D eigenvalue weighted by atomic mass is 9.87. The van der Waals surface area contributed by atoms with E-state index in [0.29, 0.717) is 34.9 Å². The fraction of sp³-hybridized carbons (Fsp3) is 0.396. The highest BCUT2D eigenvalue weighted by Gasteiger charge is 2.36. The number of carbonyl (C=O) groups excluding carboxylic acids is 5. The van der Waals surface area contributed by atoms with Gasteiger partial charge in [-0.05, 0) is 77.4 Å². The van der Waals surface area contributed by atoms with Gasteiger partial charge in [-0.1, -0.05) is 112 Å². The smallest absolute Gasteiger partial charge is 0.328 e. The molecule has 0 spiro atoms. The Morgan fingerprint density at radius 3 is 2.21 bits per heavy atom. The Morgan fingerprint density at radius 2 is 1.55 bits per heavy atom. The zero-order valence-electron chi connectivity index (χ0n) is 34.4. The van der Waals surface area contributed by atoms with Crippen molar-refractivity contribution < 1.29 is 33.4 Å². The first-order chi connectivity index (χ1) is 27.8. The second-order valence-electron chi connectivity index (χ2n) is 15.4. The second kappa shape index (κ2) is 20.4. The van der Waals surface area contributed by atoms with Crippen LogP contribution < -0.4 is 10.1 Å². The van der Waals surface area contributed by atoms with Crippen LogP contribution in [0.3, 0.4) is 0 Å². The topological polar surface area (TPSA) is 119 Å². The van der Waals surface area contributed by atoms with Crippen molar-refractivity contribution in [2.24, 2.45) is 11.8 Å². The predicted octanol–water partition coefficient (Wildman–Crippen LogP) is 9.55. The van der Waals surface area contributed by atoms with E-state index in [9.17, 15) is 24.0 Å². The highest BCUT2D eigenvalue weighted by Crippen LogP contribution is 2.38. The van der Waals surface area contributed by atoms with Gasteiger partial charge in [0.2, 0.25) is 11.8 Å². The number of nitrogens with zero attached hydrogens (tertiary/aromatic N) is 1. The zero-order valence-corrected chi connectivity index (χ0v) is 35.2. The van der Waals surface area contributed by atoms with Gasteiger partial charge in [-0.25, -0.2) is 4.79 Å². The molecule has 10 heteroatoms.